The molecule has 0 saturated heterocycles. The number of guanidine groups is 1. The van der Waals surface area contributed by atoms with Gasteiger partial charge in [0.1, 0.15) is 0 Å². The van der Waals surface area contributed by atoms with Gasteiger partial charge in [-0.25, -0.2) is 0 Å². The van der Waals surface area contributed by atoms with E-state index >= 15 is 0 Å². The molecule has 1 rings (SSSR count). The average Bonchev–Trinajstić information content (AvgIpc) is 2.77. The number of aryl methyl sites for hydroxylation is 1. The molecule has 0 aromatic carbocycles. The molecule has 120 valence electrons. The predicted molar refractivity (Wildman–Crippen MR) is 80.8 cm³/mol. The fraction of sp³-hybridized carbons (Fsp3) is 0.615. The van der Waals surface area contributed by atoms with Crippen LogP contribution in [0.2, 0.25) is 0 Å². The van der Waals surface area contributed by atoms with Crippen molar-refractivity contribution in [1.29, 1.82) is 0 Å². The largest absolute Gasteiger partial charge is 0.401 e. The van der Waals surface area contributed by atoms with Crippen LogP contribution in [0, 0.1) is 6.92 Å². The summed E-state index contributed by atoms with van der Waals surface area (Å²) in [6, 6.07) is 2.05. The van der Waals surface area contributed by atoms with Gasteiger partial charge in [-0.15, -0.1) is 11.3 Å². The van der Waals surface area contributed by atoms with E-state index in [4.69, 9.17) is 0 Å². The van der Waals surface area contributed by atoms with Crippen LogP contribution in [0.1, 0.15) is 10.4 Å². The SMILES string of the molecule is CN=C(NCCN(C)CC(F)(F)F)NCc1sccc1C. The lowest BCUT2D eigenvalue weighted by Crippen LogP contribution is -2.42. The number of aliphatic imine (C=N–C) groups is 1. The first-order valence-corrected chi connectivity index (χ1v) is 7.42. The Balaban J connectivity index is 2.27. The first-order chi connectivity index (χ1) is 9.81. The molecule has 4 nitrogen and oxygen atoms in total. The van der Waals surface area contributed by atoms with E-state index in [2.05, 4.69) is 15.6 Å². The molecule has 0 bridgehead atoms. The summed E-state index contributed by atoms with van der Waals surface area (Å²) in [6.07, 6.45) is -4.16. The molecule has 1 heterocycles. The van der Waals surface area contributed by atoms with Crippen LogP contribution in [0.4, 0.5) is 13.2 Å². The minimum Gasteiger partial charge on any atom is -0.355 e. The summed E-state index contributed by atoms with van der Waals surface area (Å²) in [5.41, 5.74) is 1.22. The molecule has 1 aromatic rings. The number of rotatable bonds is 6. The van der Waals surface area contributed by atoms with Gasteiger partial charge in [0.05, 0.1) is 13.1 Å². The lowest BCUT2D eigenvalue weighted by Gasteiger charge is -2.19. The molecule has 1 aromatic heterocycles. The number of alkyl halides is 3. The van der Waals surface area contributed by atoms with Crippen molar-refractivity contribution in [3.8, 4) is 0 Å². The molecular weight excluding hydrogens is 301 g/mol. The summed E-state index contributed by atoms with van der Waals surface area (Å²) in [6.45, 7) is 2.47. The Kier molecular flexibility index (Phi) is 6.97. The van der Waals surface area contributed by atoms with Crippen molar-refractivity contribution in [3.05, 3.63) is 21.9 Å². The van der Waals surface area contributed by atoms with Crippen molar-refractivity contribution >= 4 is 17.3 Å². The molecule has 0 saturated carbocycles. The van der Waals surface area contributed by atoms with Gasteiger partial charge in [-0.3, -0.25) is 9.89 Å². The highest BCUT2D eigenvalue weighted by Gasteiger charge is 2.28. The highest BCUT2D eigenvalue weighted by molar-refractivity contribution is 7.10. The van der Waals surface area contributed by atoms with E-state index in [1.165, 1.54) is 22.4 Å². The Morgan fingerprint density at radius 3 is 2.62 bits per heavy atom. The van der Waals surface area contributed by atoms with Crippen LogP contribution in [-0.2, 0) is 6.54 Å². The van der Waals surface area contributed by atoms with Gasteiger partial charge in [0, 0.05) is 25.0 Å². The first kappa shape index (κ1) is 17.8. The maximum Gasteiger partial charge on any atom is 0.401 e. The predicted octanol–water partition coefficient (Wildman–Crippen LogP) is 2.22. The molecule has 0 amide bonds. The maximum atomic E-state index is 12.2. The monoisotopic (exact) mass is 322 g/mol. The van der Waals surface area contributed by atoms with Crippen LogP contribution in [0.5, 0.6) is 0 Å². The fourth-order valence-electron chi connectivity index (χ4n) is 1.72. The molecule has 0 fully saturated rings. The van der Waals surface area contributed by atoms with Crippen LogP contribution in [-0.4, -0.2) is 50.8 Å². The lowest BCUT2D eigenvalue weighted by atomic mass is 10.3. The smallest absolute Gasteiger partial charge is 0.355 e. The molecule has 0 unspecified atom stereocenters. The fourth-order valence-corrected chi connectivity index (χ4v) is 2.57. The number of halogens is 3. The van der Waals surface area contributed by atoms with Crippen molar-refractivity contribution in [2.45, 2.75) is 19.6 Å². The number of nitrogens with zero attached hydrogens (tertiary/aromatic N) is 2. The van der Waals surface area contributed by atoms with Crippen LogP contribution in [0.25, 0.3) is 0 Å². The first-order valence-electron chi connectivity index (χ1n) is 6.54. The molecule has 0 atom stereocenters. The number of hydrogen-bond acceptors (Lipinski definition) is 3. The highest BCUT2D eigenvalue weighted by atomic mass is 32.1. The second-order valence-corrected chi connectivity index (χ2v) is 5.73. The molecule has 8 heteroatoms. The number of thiophene rings is 1. The highest BCUT2D eigenvalue weighted by Crippen LogP contribution is 2.15. The lowest BCUT2D eigenvalue weighted by molar-refractivity contribution is -0.142. The van der Waals surface area contributed by atoms with Crippen molar-refractivity contribution in [2.24, 2.45) is 4.99 Å². The van der Waals surface area contributed by atoms with E-state index in [9.17, 15) is 13.2 Å². The third-order valence-electron chi connectivity index (χ3n) is 2.84. The Bertz CT molecular complexity index is 457. The molecule has 2 N–H and O–H groups in total. The number of likely N-dealkylation sites (N-methyl/N-ethyl adjacent to an activating group) is 1. The summed E-state index contributed by atoms with van der Waals surface area (Å²) in [5, 5.41) is 8.17. The Hall–Kier alpha value is -1.28. The third-order valence-corrected chi connectivity index (χ3v) is 3.87. The zero-order valence-corrected chi connectivity index (χ0v) is 13.2. The van der Waals surface area contributed by atoms with E-state index in [0.717, 1.165) is 0 Å². The van der Waals surface area contributed by atoms with Gasteiger partial charge < -0.3 is 10.6 Å². The summed E-state index contributed by atoms with van der Waals surface area (Å²) >= 11 is 1.66. The summed E-state index contributed by atoms with van der Waals surface area (Å²) < 4.78 is 36.5. The molecule has 0 spiro atoms. The number of nitrogens with one attached hydrogen (secondary N) is 2. The van der Waals surface area contributed by atoms with Crippen LogP contribution < -0.4 is 10.6 Å². The number of hydrogen-bond donors (Lipinski definition) is 2. The van der Waals surface area contributed by atoms with E-state index in [-0.39, 0.29) is 6.54 Å². The molecule has 0 radical (unpaired) electrons. The van der Waals surface area contributed by atoms with Crippen LogP contribution >= 0.6 is 11.3 Å². The second-order valence-electron chi connectivity index (χ2n) is 4.73. The average molecular weight is 322 g/mol. The van der Waals surface area contributed by atoms with Gasteiger partial charge in [0.25, 0.3) is 0 Å². The van der Waals surface area contributed by atoms with Crippen molar-refractivity contribution in [2.75, 3.05) is 33.7 Å². The van der Waals surface area contributed by atoms with E-state index in [1.807, 2.05) is 18.4 Å². The zero-order chi connectivity index (χ0) is 15.9. The minimum absolute atomic E-state index is 0.290. The van der Waals surface area contributed by atoms with Crippen LogP contribution in [0.15, 0.2) is 16.4 Å². The van der Waals surface area contributed by atoms with Gasteiger partial charge in [-0.1, -0.05) is 0 Å². The van der Waals surface area contributed by atoms with Crippen LogP contribution in [0.3, 0.4) is 0 Å². The maximum absolute atomic E-state index is 12.2. The van der Waals surface area contributed by atoms with Crippen molar-refractivity contribution < 1.29 is 13.2 Å². The van der Waals surface area contributed by atoms with Gasteiger partial charge in [0.15, 0.2) is 5.96 Å². The van der Waals surface area contributed by atoms with Gasteiger partial charge in [-0.2, -0.15) is 13.2 Å². The molecule has 0 aliphatic heterocycles. The summed E-state index contributed by atoms with van der Waals surface area (Å²) in [7, 11) is 3.08. The molecular formula is C13H21F3N4S. The summed E-state index contributed by atoms with van der Waals surface area (Å²) in [5.74, 6) is 0.586. The van der Waals surface area contributed by atoms with Gasteiger partial charge >= 0.3 is 6.18 Å². The Morgan fingerprint density at radius 1 is 1.38 bits per heavy atom. The summed E-state index contributed by atoms with van der Waals surface area (Å²) in [4.78, 5) is 6.49. The van der Waals surface area contributed by atoms with E-state index < -0.39 is 12.7 Å². The third kappa shape index (κ3) is 7.33. The molecule has 0 aliphatic rings. The second kappa shape index (κ2) is 8.23. The normalized spacial score (nSPS) is 12.8. The topological polar surface area (TPSA) is 39.7 Å². The Morgan fingerprint density at radius 2 is 2.10 bits per heavy atom. The van der Waals surface area contributed by atoms with Crippen molar-refractivity contribution in [1.82, 2.24) is 15.5 Å². The van der Waals surface area contributed by atoms with E-state index in [1.54, 1.807) is 18.4 Å². The molecule has 0 aliphatic carbocycles. The van der Waals surface area contributed by atoms with E-state index in [0.29, 0.717) is 19.0 Å². The minimum atomic E-state index is -4.16. The Labute approximate surface area is 127 Å². The van der Waals surface area contributed by atoms with Crippen molar-refractivity contribution in [3.63, 3.8) is 0 Å². The van der Waals surface area contributed by atoms with Gasteiger partial charge in [0.2, 0.25) is 0 Å². The van der Waals surface area contributed by atoms with Gasteiger partial charge in [-0.05, 0) is 31.0 Å². The zero-order valence-electron chi connectivity index (χ0n) is 12.4. The quantitative estimate of drug-likeness (QED) is 0.623. The standard InChI is InChI=1S/C13H21F3N4S/c1-10-4-7-21-11(10)8-19-12(17-2)18-5-6-20(3)9-13(14,15)16/h4,7H,5-6,8-9H2,1-3H3,(H2,17,18,19). The molecule has 21 heavy (non-hydrogen) atoms.